The van der Waals surface area contributed by atoms with Crippen molar-refractivity contribution in [2.45, 2.75) is 39.3 Å². The summed E-state index contributed by atoms with van der Waals surface area (Å²) in [6.45, 7) is 7.23. The predicted octanol–water partition coefficient (Wildman–Crippen LogP) is 3.12. The maximum atomic E-state index is 13.1. The van der Waals surface area contributed by atoms with E-state index in [-0.39, 0.29) is 11.5 Å². The molecule has 1 aromatic rings. The number of halogens is 2. The van der Waals surface area contributed by atoms with Gasteiger partial charge in [-0.3, -0.25) is 0 Å². The maximum Gasteiger partial charge on any atom is 0.162 e. The monoisotopic (exact) mass is 255 g/mol. The van der Waals surface area contributed by atoms with E-state index in [9.17, 15) is 8.78 Å². The van der Waals surface area contributed by atoms with E-state index in [1.807, 2.05) is 0 Å². The van der Waals surface area contributed by atoms with Crippen LogP contribution < -0.4 is 10.1 Å². The van der Waals surface area contributed by atoms with Crippen LogP contribution in [0.25, 0.3) is 0 Å². The van der Waals surface area contributed by atoms with E-state index in [0.717, 1.165) is 25.1 Å². The van der Waals surface area contributed by atoms with Gasteiger partial charge in [-0.1, -0.05) is 20.8 Å². The zero-order valence-corrected chi connectivity index (χ0v) is 11.0. The smallest absolute Gasteiger partial charge is 0.162 e. The minimum Gasteiger partial charge on any atom is -0.490 e. The van der Waals surface area contributed by atoms with Crippen molar-refractivity contribution >= 4 is 0 Å². The van der Waals surface area contributed by atoms with Gasteiger partial charge in [0.1, 0.15) is 11.9 Å². The molecule has 100 valence electrons. The molecule has 2 nitrogen and oxygen atoms in total. The van der Waals surface area contributed by atoms with Crippen LogP contribution in [-0.4, -0.2) is 18.7 Å². The summed E-state index contributed by atoms with van der Waals surface area (Å²) in [7, 11) is 0. The molecular formula is C14H19F2NO. The van der Waals surface area contributed by atoms with Crippen molar-refractivity contribution in [3.8, 4) is 5.75 Å². The Labute approximate surface area is 106 Å². The number of nitrogens with one attached hydrogen (secondary N) is 1. The first-order chi connectivity index (χ1) is 8.45. The molecule has 0 amide bonds. The molecule has 0 saturated heterocycles. The molecule has 0 aliphatic heterocycles. The third kappa shape index (κ3) is 2.34. The van der Waals surface area contributed by atoms with Gasteiger partial charge in [-0.25, -0.2) is 8.78 Å². The lowest BCUT2D eigenvalue weighted by Crippen LogP contribution is -2.62. The lowest BCUT2D eigenvalue weighted by atomic mass is 9.64. The van der Waals surface area contributed by atoms with Gasteiger partial charge in [0.05, 0.1) is 0 Å². The molecule has 4 heteroatoms. The Morgan fingerprint density at radius 2 is 2.06 bits per heavy atom. The molecule has 1 N–H and O–H groups in total. The van der Waals surface area contributed by atoms with Crippen LogP contribution in [0.3, 0.4) is 0 Å². The molecule has 0 bridgehead atoms. The van der Waals surface area contributed by atoms with Crippen molar-refractivity contribution in [1.82, 2.24) is 5.32 Å². The number of benzene rings is 1. The molecule has 18 heavy (non-hydrogen) atoms. The standard InChI is InChI=1S/C14H19F2NO/c1-4-17-12-8-13(14(12,2)3)18-9-5-6-10(15)11(16)7-9/h5-7,12-13,17H,4,8H2,1-3H3. The van der Waals surface area contributed by atoms with E-state index >= 15 is 0 Å². The van der Waals surface area contributed by atoms with Crippen LogP contribution in [-0.2, 0) is 0 Å². The summed E-state index contributed by atoms with van der Waals surface area (Å²) < 4.78 is 31.6. The number of hydrogen-bond donors (Lipinski definition) is 1. The Morgan fingerprint density at radius 1 is 1.33 bits per heavy atom. The molecule has 0 heterocycles. The summed E-state index contributed by atoms with van der Waals surface area (Å²) in [5.41, 5.74) is 0.000865. The van der Waals surface area contributed by atoms with Gasteiger partial charge in [0.25, 0.3) is 0 Å². The van der Waals surface area contributed by atoms with Gasteiger partial charge >= 0.3 is 0 Å². The molecular weight excluding hydrogens is 236 g/mol. The average molecular weight is 255 g/mol. The third-order valence-corrected chi connectivity index (χ3v) is 3.80. The van der Waals surface area contributed by atoms with Crippen molar-refractivity contribution in [2.75, 3.05) is 6.54 Å². The fraction of sp³-hybridized carbons (Fsp3) is 0.571. The fourth-order valence-electron chi connectivity index (χ4n) is 2.39. The second kappa shape index (κ2) is 4.84. The Hall–Kier alpha value is -1.16. The lowest BCUT2D eigenvalue weighted by Gasteiger charge is -2.51. The number of hydrogen-bond acceptors (Lipinski definition) is 2. The lowest BCUT2D eigenvalue weighted by molar-refractivity contribution is -0.0543. The first-order valence-electron chi connectivity index (χ1n) is 6.30. The molecule has 2 unspecified atom stereocenters. The van der Waals surface area contributed by atoms with Crippen LogP contribution in [0.15, 0.2) is 18.2 Å². The molecule has 1 fully saturated rings. The number of ether oxygens (including phenoxy) is 1. The summed E-state index contributed by atoms with van der Waals surface area (Å²) >= 11 is 0. The van der Waals surface area contributed by atoms with Crippen molar-refractivity contribution in [2.24, 2.45) is 5.41 Å². The predicted molar refractivity (Wildman–Crippen MR) is 66.6 cm³/mol. The zero-order valence-electron chi connectivity index (χ0n) is 11.0. The van der Waals surface area contributed by atoms with E-state index in [1.165, 1.54) is 6.07 Å². The summed E-state index contributed by atoms with van der Waals surface area (Å²) in [6, 6.07) is 4.08. The van der Waals surface area contributed by atoms with E-state index in [4.69, 9.17) is 4.74 Å². The summed E-state index contributed by atoms with van der Waals surface area (Å²) in [4.78, 5) is 0. The van der Waals surface area contributed by atoms with E-state index < -0.39 is 11.6 Å². The first kappa shape index (κ1) is 13.3. The van der Waals surface area contributed by atoms with Gasteiger partial charge in [-0.2, -0.15) is 0 Å². The summed E-state index contributed by atoms with van der Waals surface area (Å²) in [6.07, 6.45) is 0.922. The Bertz CT molecular complexity index is 434. The van der Waals surface area contributed by atoms with Crippen LogP contribution in [0.4, 0.5) is 8.78 Å². The largest absolute Gasteiger partial charge is 0.490 e. The summed E-state index contributed by atoms with van der Waals surface area (Å²) in [5.74, 6) is -1.32. The van der Waals surface area contributed by atoms with Crippen LogP contribution in [0.1, 0.15) is 27.2 Å². The zero-order chi connectivity index (χ0) is 13.3. The van der Waals surface area contributed by atoms with E-state index in [1.54, 1.807) is 0 Å². The van der Waals surface area contributed by atoms with Crippen molar-refractivity contribution in [3.05, 3.63) is 29.8 Å². The molecule has 0 radical (unpaired) electrons. The normalized spacial score (nSPS) is 25.6. The highest BCUT2D eigenvalue weighted by molar-refractivity contribution is 5.25. The molecule has 1 aliphatic carbocycles. The van der Waals surface area contributed by atoms with Gasteiger partial charge in [-0.15, -0.1) is 0 Å². The van der Waals surface area contributed by atoms with Gasteiger partial charge in [-0.05, 0) is 18.7 Å². The maximum absolute atomic E-state index is 13.1. The molecule has 1 saturated carbocycles. The highest BCUT2D eigenvalue weighted by Gasteiger charge is 2.49. The topological polar surface area (TPSA) is 21.3 Å². The van der Waals surface area contributed by atoms with Crippen molar-refractivity contribution in [1.29, 1.82) is 0 Å². The highest BCUT2D eigenvalue weighted by Crippen LogP contribution is 2.43. The summed E-state index contributed by atoms with van der Waals surface area (Å²) in [5, 5.41) is 3.39. The Kier molecular flexibility index (Phi) is 3.57. The van der Waals surface area contributed by atoms with Gasteiger partial charge in [0.15, 0.2) is 11.6 Å². The molecule has 2 atom stereocenters. The van der Waals surface area contributed by atoms with Crippen LogP contribution >= 0.6 is 0 Å². The quantitative estimate of drug-likeness (QED) is 0.892. The second-order valence-corrected chi connectivity index (χ2v) is 5.35. The Morgan fingerprint density at radius 3 is 2.61 bits per heavy atom. The van der Waals surface area contributed by atoms with Crippen molar-refractivity contribution < 1.29 is 13.5 Å². The van der Waals surface area contributed by atoms with Crippen molar-refractivity contribution in [3.63, 3.8) is 0 Å². The third-order valence-electron chi connectivity index (χ3n) is 3.80. The fourth-order valence-corrected chi connectivity index (χ4v) is 2.39. The van der Waals surface area contributed by atoms with Gasteiger partial charge in [0, 0.05) is 23.9 Å². The van der Waals surface area contributed by atoms with Crippen LogP contribution in [0.5, 0.6) is 5.75 Å². The molecule has 0 spiro atoms. The highest BCUT2D eigenvalue weighted by atomic mass is 19.2. The van der Waals surface area contributed by atoms with Crippen LogP contribution in [0.2, 0.25) is 0 Å². The molecule has 1 aliphatic rings. The van der Waals surface area contributed by atoms with Crippen LogP contribution in [0, 0.1) is 17.0 Å². The van der Waals surface area contributed by atoms with E-state index in [0.29, 0.717) is 11.8 Å². The minimum atomic E-state index is -0.868. The minimum absolute atomic E-state index is 0.000865. The van der Waals surface area contributed by atoms with Gasteiger partial charge in [0.2, 0.25) is 0 Å². The SMILES string of the molecule is CCNC1CC(Oc2ccc(F)c(F)c2)C1(C)C. The Balaban J connectivity index is 2.01. The van der Waals surface area contributed by atoms with Gasteiger partial charge < -0.3 is 10.1 Å². The molecule has 1 aromatic carbocycles. The number of rotatable bonds is 4. The average Bonchev–Trinajstić information content (AvgIpc) is 2.32. The first-order valence-corrected chi connectivity index (χ1v) is 6.30. The molecule has 0 aromatic heterocycles. The second-order valence-electron chi connectivity index (χ2n) is 5.35. The van der Waals surface area contributed by atoms with E-state index in [2.05, 4.69) is 26.1 Å². The molecule has 2 rings (SSSR count).